The molecule has 3 nitrogen and oxygen atoms in total. The lowest BCUT2D eigenvalue weighted by molar-refractivity contribution is -0.136. The van der Waals surface area contributed by atoms with E-state index in [-0.39, 0.29) is 12.5 Å². The molecule has 0 amide bonds. The van der Waals surface area contributed by atoms with Gasteiger partial charge in [-0.1, -0.05) is 56.5 Å². The first kappa shape index (κ1) is 21.8. The normalized spacial score (nSPS) is 17.3. The van der Waals surface area contributed by atoms with Crippen LogP contribution in [0.2, 0.25) is 0 Å². The van der Waals surface area contributed by atoms with Crippen LogP contribution < -0.4 is 0 Å². The molecule has 1 aromatic carbocycles. The van der Waals surface area contributed by atoms with Gasteiger partial charge in [-0.15, -0.1) is 11.3 Å². The minimum absolute atomic E-state index is 0.200. The molecular weight excluding hydrogens is 380 g/mol. The quantitative estimate of drug-likeness (QED) is 0.419. The van der Waals surface area contributed by atoms with Crippen LogP contribution in [0.25, 0.3) is 5.57 Å². The number of thiophene rings is 1. The Morgan fingerprint density at radius 2 is 1.90 bits per heavy atom. The number of hydrogen-bond donors (Lipinski definition) is 2. The molecule has 1 aromatic heterocycles. The van der Waals surface area contributed by atoms with E-state index in [1.807, 2.05) is 0 Å². The number of aliphatic carboxylic acids is 1. The zero-order valence-electron chi connectivity index (χ0n) is 17.3. The van der Waals surface area contributed by atoms with Crippen molar-refractivity contribution in [2.45, 2.75) is 70.8 Å². The first-order valence-corrected chi connectivity index (χ1v) is 11.7. The van der Waals surface area contributed by atoms with Crippen molar-refractivity contribution in [3.63, 3.8) is 0 Å². The van der Waals surface area contributed by atoms with E-state index in [1.54, 1.807) is 11.3 Å². The summed E-state index contributed by atoms with van der Waals surface area (Å²) in [6.07, 6.45) is 10.4. The molecule has 3 rings (SSSR count). The second kappa shape index (κ2) is 10.7. The van der Waals surface area contributed by atoms with Crippen molar-refractivity contribution < 1.29 is 15.0 Å². The second-order valence-corrected chi connectivity index (χ2v) is 9.29. The van der Waals surface area contributed by atoms with Gasteiger partial charge < -0.3 is 10.2 Å². The van der Waals surface area contributed by atoms with Gasteiger partial charge in [-0.3, -0.25) is 4.79 Å². The van der Waals surface area contributed by atoms with Gasteiger partial charge in [0.25, 0.3) is 0 Å². The molecule has 1 unspecified atom stereocenters. The van der Waals surface area contributed by atoms with Gasteiger partial charge in [-0.25, -0.2) is 0 Å². The number of carboxylic acids is 1. The maximum absolute atomic E-state index is 10.8. The fourth-order valence-corrected chi connectivity index (χ4v) is 5.22. The van der Waals surface area contributed by atoms with Gasteiger partial charge in [0.1, 0.15) is 0 Å². The molecule has 1 aliphatic carbocycles. The minimum atomic E-state index is -0.736. The van der Waals surface area contributed by atoms with E-state index < -0.39 is 5.97 Å². The summed E-state index contributed by atoms with van der Waals surface area (Å²) in [5, 5.41) is 19.2. The summed E-state index contributed by atoms with van der Waals surface area (Å²) >= 11 is 1.75. The number of allylic oxidation sites excluding steroid dienone is 2. The van der Waals surface area contributed by atoms with Crippen molar-refractivity contribution in [2.75, 3.05) is 0 Å². The highest BCUT2D eigenvalue weighted by Gasteiger charge is 2.22. The minimum Gasteiger partial charge on any atom is -0.481 e. The number of aliphatic hydroxyl groups excluding tert-OH is 1. The Bertz CT molecular complexity index is 819. The first-order chi connectivity index (χ1) is 14.1. The molecule has 156 valence electrons. The summed E-state index contributed by atoms with van der Waals surface area (Å²) in [5.41, 5.74) is 3.69. The topological polar surface area (TPSA) is 57.5 Å². The molecule has 1 aliphatic rings. The Labute approximate surface area is 178 Å². The van der Waals surface area contributed by atoms with Crippen molar-refractivity contribution in [1.82, 2.24) is 0 Å². The zero-order valence-corrected chi connectivity index (χ0v) is 18.1. The lowest BCUT2D eigenvalue weighted by atomic mass is 9.90. The van der Waals surface area contributed by atoms with Gasteiger partial charge in [-0.05, 0) is 66.9 Å². The molecule has 4 heteroatoms. The van der Waals surface area contributed by atoms with Crippen LogP contribution >= 0.6 is 11.3 Å². The van der Waals surface area contributed by atoms with Crippen molar-refractivity contribution >= 4 is 22.9 Å². The van der Waals surface area contributed by atoms with Crippen LogP contribution in [-0.4, -0.2) is 16.2 Å². The van der Waals surface area contributed by atoms with Crippen LogP contribution in [-0.2, 0) is 17.6 Å². The Kier molecular flexibility index (Phi) is 8.08. The number of carboxylic acid groups (broad SMARTS) is 1. The van der Waals surface area contributed by atoms with Crippen LogP contribution in [0.3, 0.4) is 0 Å². The summed E-state index contributed by atoms with van der Waals surface area (Å²) < 4.78 is 0. The lowest BCUT2D eigenvalue weighted by Crippen LogP contribution is -2.03. The highest BCUT2D eigenvalue weighted by Crippen LogP contribution is 2.37. The summed E-state index contributed by atoms with van der Waals surface area (Å²) in [6, 6.07) is 12.7. The molecule has 0 spiro atoms. The number of rotatable bonds is 11. The molecular formula is C25H32O3S. The molecule has 29 heavy (non-hydrogen) atoms. The van der Waals surface area contributed by atoms with E-state index in [0.717, 1.165) is 36.1 Å². The van der Waals surface area contributed by atoms with Gasteiger partial charge in [0, 0.05) is 9.75 Å². The average molecular weight is 413 g/mol. The molecule has 0 saturated heterocycles. The third-order valence-electron chi connectivity index (χ3n) is 5.78. The van der Waals surface area contributed by atoms with Gasteiger partial charge >= 0.3 is 5.97 Å². The van der Waals surface area contributed by atoms with Crippen LogP contribution in [0.15, 0.2) is 42.5 Å². The number of aliphatic hydroxyl groups is 1. The average Bonchev–Trinajstić information content (AvgIpc) is 3.36. The van der Waals surface area contributed by atoms with E-state index in [4.69, 9.17) is 5.11 Å². The molecule has 2 atom stereocenters. The predicted octanol–water partition coefficient (Wildman–Crippen LogP) is 6.42. The standard InChI is InChI=1S/C25H32O3S/c1-2-3-4-8-24(26)19-11-9-18(10-12-19)23-7-5-6-20(23)17-22-14-13-21(29-22)15-16-25(27)28/h7,9-14,20,24,26H,2-6,8,15-17H2,1H3,(H,27,28)/t20-,24?/m1/s1. The molecule has 1 heterocycles. The van der Waals surface area contributed by atoms with Crippen LogP contribution in [0.4, 0.5) is 0 Å². The van der Waals surface area contributed by atoms with E-state index >= 15 is 0 Å². The highest BCUT2D eigenvalue weighted by molar-refractivity contribution is 7.12. The lowest BCUT2D eigenvalue weighted by Gasteiger charge is -2.16. The first-order valence-electron chi connectivity index (χ1n) is 10.8. The Morgan fingerprint density at radius 3 is 2.62 bits per heavy atom. The summed E-state index contributed by atoms with van der Waals surface area (Å²) in [4.78, 5) is 13.3. The van der Waals surface area contributed by atoms with Gasteiger partial charge in [0.2, 0.25) is 0 Å². The van der Waals surface area contributed by atoms with Gasteiger partial charge in [0.15, 0.2) is 0 Å². The van der Waals surface area contributed by atoms with Crippen LogP contribution in [0, 0.1) is 5.92 Å². The number of hydrogen-bond acceptors (Lipinski definition) is 3. The second-order valence-electron chi connectivity index (χ2n) is 8.03. The molecule has 0 radical (unpaired) electrons. The predicted molar refractivity (Wildman–Crippen MR) is 120 cm³/mol. The molecule has 0 aliphatic heterocycles. The maximum atomic E-state index is 10.8. The Hall–Kier alpha value is -1.91. The number of carbonyl (C=O) groups is 1. The van der Waals surface area contributed by atoms with E-state index in [0.29, 0.717) is 12.3 Å². The van der Waals surface area contributed by atoms with E-state index in [9.17, 15) is 9.90 Å². The smallest absolute Gasteiger partial charge is 0.303 e. The molecule has 0 fully saturated rings. The number of benzene rings is 1. The number of aryl methyl sites for hydroxylation is 1. The third-order valence-corrected chi connectivity index (χ3v) is 6.95. The fourth-order valence-electron chi connectivity index (χ4n) is 4.12. The van der Waals surface area contributed by atoms with Gasteiger partial charge in [0.05, 0.1) is 12.5 Å². The SMILES string of the molecule is CCCCCC(O)c1ccc(C2=CCC[C@@H]2Cc2ccc(CCC(=O)O)s2)cc1. The largest absolute Gasteiger partial charge is 0.481 e. The monoisotopic (exact) mass is 412 g/mol. The Morgan fingerprint density at radius 1 is 1.14 bits per heavy atom. The highest BCUT2D eigenvalue weighted by atomic mass is 32.1. The molecule has 0 saturated carbocycles. The van der Waals surface area contributed by atoms with E-state index in [2.05, 4.69) is 49.4 Å². The maximum Gasteiger partial charge on any atom is 0.303 e. The summed E-state index contributed by atoms with van der Waals surface area (Å²) in [6.45, 7) is 2.18. The van der Waals surface area contributed by atoms with Crippen molar-refractivity contribution in [3.8, 4) is 0 Å². The molecule has 0 bridgehead atoms. The van der Waals surface area contributed by atoms with Crippen molar-refractivity contribution in [2.24, 2.45) is 5.92 Å². The summed E-state index contributed by atoms with van der Waals surface area (Å²) in [7, 11) is 0. The van der Waals surface area contributed by atoms with Crippen molar-refractivity contribution in [3.05, 3.63) is 63.4 Å². The summed E-state index contributed by atoms with van der Waals surface area (Å²) in [5.74, 6) is -0.221. The van der Waals surface area contributed by atoms with Crippen molar-refractivity contribution in [1.29, 1.82) is 0 Å². The Balaban J connectivity index is 1.59. The molecule has 2 aromatic rings. The van der Waals surface area contributed by atoms with Crippen LogP contribution in [0.5, 0.6) is 0 Å². The van der Waals surface area contributed by atoms with Gasteiger partial charge in [-0.2, -0.15) is 0 Å². The zero-order chi connectivity index (χ0) is 20.6. The fraction of sp³-hybridized carbons (Fsp3) is 0.480. The van der Waals surface area contributed by atoms with Crippen LogP contribution in [0.1, 0.15) is 78.9 Å². The number of unbranched alkanes of at least 4 members (excludes halogenated alkanes) is 2. The molecule has 2 N–H and O–H groups in total. The van der Waals surface area contributed by atoms with E-state index in [1.165, 1.54) is 35.3 Å². The third kappa shape index (κ3) is 6.28.